The molecular formula is C14H23N3O4S. The number of nitrogens with one attached hydrogen (secondary N) is 1. The highest BCUT2D eigenvalue weighted by Crippen LogP contribution is 2.25. The molecule has 1 fully saturated rings. The predicted octanol–water partition coefficient (Wildman–Crippen LogP) is 1.26. The number of likely N-dealkylation sites (tertiary alicyclic amines) is 1. The van der Waals surface area contributed by atoms with E-state index in [1.54, 1.807) is 11.8 Å². The van der Waals surface area contributed by atoms with Crippen molar-refractivity contribution < 1.29 is 17.7 Å². The van der Waals surface area contributed by atoms with Crippen LogP contribution < -0.4 is 4.72 Å². The first-order chi connectivity index (χ1) is 10.2. The van der Waals surface area contributed by atoms with Crippen LogP contribution in [-0.4, -0.2) is 49.8 Å². The average Bonchev–Trinajstić information content (AvgIpc) is 2.78. The van der Waals surface area contributed by atoms with E-state index in [1.165, 1.54) is 0 Å². The molecule has 2 rings (SSSR count). The second kappa shape index (κ2) is 6.37. The van der Waals surface area contributed by atoms with Crippen LogP contribution in [0.15, 0.2) is 4.52 Å². The standard InChI is InChI=1S/C14H23N3O4S/c1-9(2)13-12(10(3)15-21-13)14(18)17-7-5-6-11(8-17)16-22(4,19)20/h9,11,16H,5-8H2,1-4H3. The SMILES string of the molecule is Cc1noc(C(C)C)c1C(=O)N1CCCC(NS(C)(=O)=O)C1. The van der Waals surface area contributed by atoms with Gasteiger partial charge in [0.05, 0.1) is 11.9 Å². The van der Waals surface area contributed by atoms with E-state index >= 15 is 0 Å². The van der Waals surface area contributed by atoms with E-state index in [0.29, 0.717) is 30.1 Å². The fourth-order valence-corrected chi connectivity index (χ4v) is 3.56. The van der Waals surface area contributed by atoms with Gasteiger partial charge in [-0.15, -0.1) is 0 Å². The molecule has 124 valence electrons. The number of carbonyl (C=O) groups excluding carboxylic acids is 1. The number of hydrogen-bond donors (Lipinski definition) is 1. The number of nitrogens with zero attached hydrogens (tertiary/aromatic N) is 2. The van der Waals surface area contributed by atoms with Crippen LogP contribution >= 0.6 is 0 Å². The number of piperidine rings is 1. The lowest BCUT2D eigenvalue weighted by molar-refractivity contribution is 0.0699. The molecule has 0 spiro atoms. The summed E-state index contributed by atoms with van der Waals surface area (Å²) in [6.07, 6.45) is 2.63. The average molecular weight is 329 g/mol. The monoisotopic (exact) mass is 329 g/mol. The number of amides is 1. The third-order valence-electron chi connectivity index (χ3n) is 3.72. The molecule has 8 heteroatoms. The van der Waals surface area contributed by atoms with Crippen LogP contribution in [0.25, 0.3) is 0 Å². The van der Waals surface area contributed by atoms with Gasteiger partial charge < -0.3 is 9.42 Å². The van der Waals surface area contributed by atoms with Gasteiger partial charge in [0, 0.05) is 25.0 Å². The summed E-state index contributed by atoms with van der Waals surface area (Å²) in [5, 5.41) is 3.90. The molecule has 0 aliphatic carbocycles. The van der Waals surface area contributed by atoms with Gasteiger partial charge in [-0.05, 0) is 19.8 Å². The molecule has 7 nitrogen and oxygen atoms in total. The lowest BCUT2D eigenvalue weighted by atomic mass is 10.0. The van der Waals surface area contributed by atoms with Gasteiger partial charge in [-0.2, -0.15) is 0 Å². The van der Waals surface area contributed by atoms with Crippen LogP contribution in [-0.2, 0) is 10.0 Å². The summed E-state index contributed by atoms with van der Waals surface area (Å²) >= 11 is 0. The minimum atomic E-state index is -3.28. The Bertz CT molecular complexity index is 651. The summed E-state index contributed by atoms with van der Waals surface area (Å²) in [5.41, 5.74) is 1.09. The molecule has 1 aromatic heterocycles. The topological polar surface area (TPSA) is 92.5 Å². The van der Waals surface area contributed by atoms with Crippen molar-refractivity contribution in [3.8, 4) is 0 Å². The molecule has 0 aromatic carbocycles. The van der Waals surface area contributed by atoms with Crippen LogP contribution in [0.3, 0.4) is 0 Å². The maximum atomic E-state index is 12.8. The fourth-order valence-electron chi connectivity index (χ4n) is 2.76. The summed E-state index contributed by atoms with van der Waals surface area (Å²) in [7, 11) is -3.28. The first-order valence-electron chi connectivity index (χ1n) is 7.41. The maximum Gasteiger partial charge on any atom is 0.259 e. The van der Waals surface area contributed by atoms with Crippen molar-refractivity contribution in [3.05, 3.63) is 17.0 Å². The molecule has 22 heavy (non-hydrogen) atoms. The Balaban J connectivity index is 2.18. The Morgan fingerprint density at radius 3 is 2.73 bits per heavy atom. The van der Waals surface area contributed by atoms with Gasteiger partial charge in [0.15, 0.2) is 5.76 Å². The number of aromatic nitrogens is 1. The van der Waals surface area contributed by atoms with E-state index in [9.17, 15) is 13.2 Å². The Morgan fingerprint density at radius 2 is 2.14 bits per heavy atom. The fraction of sp³-hybridized carbons (Fsp3) is 0.714. The first-order valence-corrected chi connectivity index (χ1v) is 9.31. The van der Waals surface area contributed by atoms with Crippen molar-refractivity contribution in [3.63, 3.8) is 0 Å². The van der Waals surface area contributed by atoms with Crippen LogP contribution in [0, 0.1) is 6.92 Å². The zero-order chi connectivity index (χ0) is 16.5. The minimum Gasteiger partial charge on any atom is -0.360 e. The number of aryl methyl sites for hydroxylation is 1. The third-order valence-corrected chi connectivity index (χ3v) is 4.48. The summed E-state index contributed by atoms with van der Waals surface area (Å²) in [4.78, 5) is 14.4. The van der Waals surface area contributed by atoms with Crippen molar-refractivity contribution in [1.82, 2.24) is 14.8 Å². The third kappa shape index (κ3) is 3.86. The minimum absolute atomic E-state index is 0.0647. The Morgan fingerprint density at radius 1 is 1.45 bits per heavy atom. The second-order valence-corrected chi connectivity index (χ2v) is 7.92. The second-order valence-electron chi connectivity index (χ2n) is 6.14. The Labute approximate surface area is 131 Å². The molecule has 0 saturated carbocycles. The molecule has 1 aliphatic heterocycles. The van der Waals surface area contributed by atoms with Crippen LogP contribution in [0.5, 0.6) is 0 Å². The van der Waals surface area contributed by atoms with Gasteiger partial charge in [-0.3, -0.25) is 4.79 Å². The molecule has 0 bridgehead atoms. The zero-order valence-electron chi connectivity index (χ0n) is 13.4. The van der Waals surface area contributed by atoms with Gasteiger partial charge in [-0.25, -0.2) is 13.1 Å². The van der Waals surface area contributed by atoms with Crippen molar-refractivity contribution in [2.24, 2.45) is 0 Å². The molecule has 1 saturated heterocycles. The van der Waals surface area contributed by atoms with Crippen molar-refractivity contribution in [1.29, 1.82) is 0 Å². The van der Waals surface area contributed by atoms with Gasteiger partial charge in [0.2, 0.25) is 10.0 Å². The predicted molar refractivity (Wildman–Crippen MR) is 82.2 cm³/mol. The highest BCUT2D eigenvalue weighted by molar-refractivity contribution is 7.88. The highest BCUT2D eigenvalue weighted by Gasteiger charge is 2.30. The quantitative estimate of drug-likeness (QED) is 0.898. The molecular weight excluding hydrogens is 306 g/mol. The van der Waals surface area contributed by atoms with Gasteiger partial charge in [0.1, 0.15) is 5.56 Å². The van der Waals surface area contributed by atoms with Crippen molar-refractivity contribution in [2.75, 3.05) is 19.3 Å². The molecule has 1 aliphatic rings. The van der Waals surface area contributed by atoms with Gasteiger partial charge >= 0.3 is 0 Å². The Hall–Kier alpha value is -1.41. The molecule has 2 heterocycles. The lowest BCUT2D eigenvalue weighted by Crippen LogP contribution is -2.49. The van der Waals surface area contributed by atoms with Crippen molar-refractivity contribution in [2.45, 2.75) is 45.6 Å². The summed E-state index contributed by atoms with van der Waals surface area (Å²) < 4.78 is 30.6. The molecule has 1 amide bonds. The van der Waals surface area contributed by atoms with E-state index in [-0.39, 0.29) is 17.9 Å². The van der Waals surface area contributed by atoms with Crippen LogP contribution in [0.1, 0.15) is 54.4 Å². The van der Waals surface area contributed by atoms with E-state index in [4.69, 9.17) is 4.52 Å². The maximum absolute atomic E-state index is 12.8. The van der Waals surface area contributed by atoms with Crippen LogP contribution in [0.4, 0.5) is 0 Å². The first kappa shape index (κ1) is 17.0. The van der Waals surface area contributed by atoms with E-state index in [0.717, 1.165) is 19.1 Å². The van der Waals surface area contributed by atoms with Crippen LogP contribution in [0.2, 0.25) is 0 Å². The van der Waals surface area contributed by atoms with E-state index in [1.807, 2.05) is 13.8 Å². The van der Waals surface area contributed by atoms with E-state index in [2.05, 4.69) is 9.88 Å². The lowest BCUT2D eigenvalue weighted by Gasteiger charge is -2.32. The highest BCUT2D eigenvalue weighted by atomic mass is 32.2. The molecule has 0 radical (unpaired) electrons. The molecule has 1 aromatic rings. The molecule has 1 unspecified atom stereocenters. The summed E-state index contributed by atoms with van der Waals surface area (Å²) in [6, 6.07) is -0.240. The Kier molecular flexibility index (Phi) is 4.91. The van der Waals surface area contributed by atoms with Gasteiger partial charge in [-0.1, -0.05) is 19.0 Å². The molecule has 1 N–H and O–H groups in total. The number of rotatable bonds is 4. The largest absolute Gasteiger partial charge is 0.360 e. The van der Waals surface area contributed by atoms with E-state index < -0.39 is 10.0 Å². The van der Waals surface area contributed by atoms with Crippen molar-refractivity contribution >= 4 is 15.9 Å². The number of hydrogen-bond acceptors (Lipinski definition) is 5. The summed E-state index contributed by atoms with van der Waals surface area (Å²) in [6.45, 7) is 6.62. The smallest absolute Gasteiger partial charge is 0.259 e. The van der Waals surface area contributed by atoms with Gasteiger partial charge in [0.25, 0.3) is 5.91 Å². The zero-order valence-corrected chi connectivity index (χ0v) is 14.2. The number of sulfonamides is 1. The number of carbonyl (C=O) groups is 1. The molecule has 1 atom stereocenters. The normalized spacial score (nSPS) is 19.7. The summed E-state index contributed by atoms with van der Waals surface area (Å²) in [5.74, 6) is 0.512.